The zero-order valence-corrected chi connectivity index (χ0v) is 12.6. The second-order valence-electron chi connectivity index (χ2n) is 4.04. The molecule has 21 heavy (non-hydrogen) atoms. The molecular formula is C16H15NO3S. The van der Waals surface area contributed by atoms with Crippen LogP contribution in [0.2, 0.25) is 0 Å². The molecule has 0 radical (unpaired) electrons. The minimum absolute atomic E-state index is 0.345. The maximum Gasteiger partial charge on any atom is 0.347 e. The lowest BCUT2D eigenvalue weighted by Crippen LogP contribution is -2.02. The molecule has 5 heteroatoms. The topological polar surface area (TPSA) is 48.4 Å². The van der Waals surface area contributed by atoms with Gasteiger partial charge in [-0.2, -0.15) is 0 Å². The SMILES string of the molecule is COC=C(Sc1cccc(-c2ccccc2)n1)C(=O)OC. The Bertz CT molecular complexity index is 641. The number of thioether (sulfide) groups is 1. The summed E-state index contributed by atoms with van der Waals surface area (Å²) in [5.74, 6) is -0.450. The largest absolute Gasteiger partial charge is 0.503 e. The van der Waals surface area contributed by atoms with E-state index in [9.17, 15) is 4.79 Å². The Hall–Kier alpha value is -2.27. The number of pyridine rings is 1. The first kappa shape index (κ1) is 15.1. The maximum absolute atomic E-state index is 11.6. The van der Waals surface area contributed by atoms with Crippen molar-refractivity contribution in [3.8, 4) is 11.3 Å². The van der Waals surface area contributed by atoms with Gasteiger partial charge in [0, 0.05) is 5.56 Å². The van der Waals surface area contributed by atoms with Crippen molar-refractivity contribution in [2.45, 2.75) is 5.03 Å². The fourth-order valence-corrected chi connectivity index (χ4v) is 2.50. The fourth-order valence-electron chi connectivity index (χ4n) is 1.68. The normalized spacial score (nSPS) is 11.0. The summed E-state index contributed by atoms with van der Waals surface area (Å²) < 4.78 is 9.62. The summed E-state index contributed by atoms with van der Waals surface area (Å²) in [5.41, 5.74) is 1.87. The van der Waals surface area contributed by atoms with Crippen molar-refractivity contribution in [3.05, 3.63) is 59.7 Å². The van der Waals surface area contributed by atoms with Crippen LogP contribution in [0.25, 0.3) is 11.3 Å². The molecule has 0 aliphatic rings. The monoisotopic (exact) mass is 301 g/mol. The van der Waals surface area contributed by atoms with Gasteiger partial charge in [-0.05, 0) is 12.1 Å². The third-order valence-electron chi connectivity index (χ3n) is 2.62. The summed E-state index contributed by atoms with van der Waals surface area (Å²) >= 11 is 1.21. The van der Waals surface area contributed by atoms with Crippen LogP contribution in [0.4, 0.5) is 0 Å². The van der Waals surface area contributed by atoms with Crippen LogP contribution in [0.3, 0.4) is 0 Å². The van der Waals surface area contributed by atoms with Crippen LogP contribution in [0.15, 0.2) is 64.7 Å². The number of carbonyl (C=O) groups is 1. The molecule has 0 N–H and O–H groups in total. The van der Waals surface area contributed by atoms with E-state index in [0.29, 0.717) is 9.93 Å². The fraction of sp³-hybridized carbons (Fsp3) is 0.125. The third-order valence-corrected chi connectivity index (χ3v) is 3.54. The first-order valence-corrected chi connectivity index (χ1v) is 7.08. The van der Waals surface area contributed by atoms with E-state index in [1.807, 2.05) is 48.5 Å². The third kappa shape index (κ3) is 4.10. The van der Waals surface area contributed by atoms with Gasteiger partial charge in [0.2, 0.25) is 0 Å². The van der Waals surface area contributed by atoms with E-state index in [0.717, 1.165) is 11.3 Å². The van der Waals surface area contributed by atoms with E-state index in [4.69, 9.17) is 9.47 Å². The summed E-state index contributed by atoms with van der Waals surface area (Å²) in [6.07, 6.45) is 1.35. The van der Waals surface area contributed by atoms with Crippen LogP contribution < -0.4 is 0 Å². The molecule has 0 saturated carbocycles. The highest BCUT2D eigenvalue weighted by Crippen LogP contribution is 2.28. The molecule has 0 fully saturated rings. The number of rotatable bonds is 5. The van der Waals surface area contributed by atoms with Crippen molar-refractivity contribution >= 4 is 17.7 Å². The first-order valence-electron chi connectivity index (χ1n) is 6.26. The molecule has 0 spiro atoms. The van der Waals surface area contributed by atoms with Crippen molar-refractivity contribution in [3.63, 3.8) is 0 Å². The van der Waals surface area contributed by atoms with E-state index in [1.165, 1.54) is 32.2 Å². The summed E-state index contributed by atoms with van der Waals surface area (Å²) in [7, 11) is 2.82. The van der Waals surface area contributed by atoms with Crippen LogP contribution in [-0.4, -0.2) is 25.2 Å². The zero-order chi connectivity index (χ0) is 15.1. The molecule has 2 aromatic rings. The summed E-state index contributed by atoms with van der Waals surface area (Å²) in [5, 5.41) is 0.699. The van der Waals surface area contributed by atoms with Crippen molar-refractivity contribution < 1.29 is 14.3 Å². The van der Waals surface area contributed by atoms with Crippen molar-refractivity contribution in [1.82, 2.24) is 4.98 Å². The average Bonchev–Trinajstić information content (AvgIpc) is 2.55. The molecule has 0 unspecified atom stereocenters. The molecule has 0 amide bonds. The smallest absolute Gasteiger partial charge is 0.347 e. The van der Waals surface area contributed by atoms with Crippen molar-refractivity contribution in [1.29, 1.82) is 0 Å². The Morgan fingerprint density at radius 2 is 1.86 bits per heavy atom. The highest BCUT2D eigenvalue weighted by molar-refractivity contribution is 8.03. The van der Waals surface area contributed by atoms with Gasteiger partial charge >= 0.3 is 5.97 Å². The first-order chi connectivity index (χ1) is 10.2. The molecule has 4 nitrogen and oxygen atoms in total. The molecule has 0 aliphatic heterocycles. The highest BCUT2D eigenvalue weighted by atomic mass is 32.2. The minimum Gasteiger partial charge on any atom is -0.503 e. The second kappa shape index (κ2) is 7.50. The lowest BCUT2D eigenvalue weighted by atomic mass is 10.1. The van der Waals surface area contributed by atoms with Crippen molar-refractivity contribution in [2.24, 2.45) is 0 Å². The number of methoxy groups -OCH3 is 2. The quantitative estimate of drug-likeness (QED) is 0.366. The van der Waals surface area contributed by atoms with E-state index in [1.54, 1.807) is 0 Å². The predicted octanol–water partition coefficient (Wildman–Crippen LogP) is 3.50. The Kier molecular flexibility index (Phi) is 5.40. The van der Waals surface area contributed by atoms with Gasteiger partial charge in [-0.25, -0.2) is 9.78 Å². The number of esters is 1. The number of ether oxygens (including phenoxy) is 2. The molecule has 0 atom stereocenters. The van der Waals surface area contributed by atoms with Gasteiger partial charge in [-0.15, -0.1) is 0 Å². The molecule has 0 bridgehead atoms. The summed E-state index contributed by atoms with van der Waals surface area (Å²) in [4.78, 5) is 16.5. The zero-order valence-electron chi connectivity index (χ0n) is 11.8. The van der Waals surface area contributed by atoms with Crippen LogP contribution in [-0.2, 0) is 14.3 Å². The van der Waals surface area contributed by atoms with Crippen molar-refractivity contribution in [2.75, 3.05) is 14.2 Å². The molecule has 108 valence electrons. The number of benzene rings is 1. The maximum atomic E-state index is 11.6. The molecule has 1 aromatic carbocycles. The Balaban J connectivity index is 2.25. The van der Waals surface area contributed by atoms with Crippen LogP contribution in [0, 0.1) is 0 Å². The molecule has 1 heterocycles. The summed E-state index contributed by atoms with van der Waals surface area (Å²) in [6.45, 7) is 0. The number of nitrogens with zero attached hydrogens (tertiary/aromatic N) is 1. The minimum atomic E-state index is -0.450. The van der Waals surface area contributed by atoms with Gasteiger partial charge in [0.05, 0.1) is 19.9 Å². The molecule has 1 aromatic heterocycles. The van der Waals surface area contributed by atoms with E-state index < -0.39 is 5.97 Å². The van der Waals surface area contributed by atoms with E-state index in [2.05, 4.69) is 4.98 Å². The Morgan fingerprint density at radius 3 is 2.52 bits per heavy atom. The molecule has 0 saturated heterocycles. The van der Waals surface area contributed by atoms with Crippen LogP contribution in [0.1, 0.15) is 0 Å². The van der Waals surface area contributed by atoms with Crippen LogP contribution >= 0.6 is 11.8 Å². The predicted molar refractivity (Wildman–Crippen MR) is 82.6 cm³/mol. The highest BCUT2D eigenvalue weighted by Gasteiger charge is 2.13. The number of hydrogen-bond acceptors (Lipinski definition) is 5. The Morgan fingerprint density at radius 1 is 1.10 bits per heavy atom. The molecule has 2 rings (SSSR count). The molecular weight excluding hydrogens is 286 g/mol. The van der Waals surface area contributed by atoms with Gasteiger partial charge in [0.15, 0.2) is 0 Å². The summed E-state index contributed by atoms with van der Waals surface area (Å²) in [6, 6.07) is 15.5. The van der Waals surface area contributed by atoms with Crippen LogP contribution in [0.5, 0.6) is 0 Å². The lowest BCUT2D eigenvalue weighted by molar-refractivity contribution is -0.135. The lowest BCUT2D eigenvalue weighted by Gasteiger charge is -2.06. The van der Waals surface area contributed by atoms with Gasteiger partial charge in [0.1, 0.15) is 16.2 Å². The van der Waals surface area contributed by atoms with Gasteiger partial charge in [-0.1, -0.05) is 48.2 Å². The van der Waals surface area contributed by atoms with E-state index >= 15 is 0 Å². The number of hydrogen-bond donors (Lipinski definition) is 0. The number of aromatic nitrogens is 1. The average molecular weight is 301 g/mol. The van der Waals surface area contributed by atoms with Gasteiger partial charge in [0.25, 0.3) is 0 Å². The number of carbonyl (C=O) groups excluding carboxylic acids is 1. The van der Waals surface area contributed by atoms with Gasteiger partial charge < -0.3 is 9.47 Å². The van der Waals surface area contributed by atoms with E-state index in [-0.39, 0.29) is 0 Å². The standard InChI is InChI=1S/C16H15NO3S/c1-19-11-14(16(18)20-2)21-15-10-6-9-13(17-15)12-7-4-3-5-8-12/h3-11H,1-2H3. The Labute approximate surface area is 127 Å². The second-order valence-corrected chi connectivity index (χ2v) is 5.10. The molecule has 0 aliphatic carbocycles. The van der Waals surface area contributed by atoms with Gasteiger partial charge in [-0.3, -0.25) is 0 Å².